The van der Waals surface area contributed by atoms with E-state index in [4.69, 9.17) is 9.47 Å². The molecule has 0 unspecified atom stereocenters. The molecular formula is C30H43FN4O7S. The number of urea groups is 1. The molecule has 2 aromatic carbocycles. The third-order valence-electron chi connectivity index (χ3n) is 7.25. The Morgan fingerprint density at radius 3 is 2.49 bits per heavy atom. The van der Waals surface area contributed by atoms with E-state index >= 15 is 0 Å². The smallest absolute Gasteiger partial charge is 0.321 e. The first-order valence-electron chi connectivity index (χ1n) is 14.4. The van der Waals surface area contributed by atoms with Crippen molar-refractivity contribution in [1.82, 2.24) is 9.80 Å². The Bertz CT molecular complexity index is 1340. The molecule has 0 saturated carbocycles. The largest absolute Gasteiger partial charge is 0.490 e. The van der Waals surface area contributed by atoms with Crippen molar-refractivity contribution in [2.24, 2.45) is 5.92 Å². The molecule has 0 aliphatic carbocycles. The van der Waals surface area contributed by atoms with Crippen molar-refractivity contribution in [2.75, 3.05) is 49.6 Å². The van der Waals surface area contributed by atoms with Crippen LogP contribution in [0.2, 0.25) is 0 Å². The number of anilines is 2. The van der Waals surface area contributed by atoms with Gasteiger partial charge in [-0.1, -0.05) is 6.92 Å². The van der Waals surface area contributed by atoms with Crippen molar-refractivity contribution < 1.29 is 37.0 Å². The van der Waals surface area contributed by atoms with Gasteiger partial charge in [-0.25, -0.2) is 17.6 Å². The number of aliphatic hydroxyl groups excluding tert-OH is 1. The number of likely N-dealkylation sites (N-methyl/N-ethyl adjacent to an activating group) is 1. The summed E-state index contributed by atoms with van der Waals surface area (Å²) in [4.78, 5) is 30.0. The second-order valence-corrected chi connectivity index (χ2v) is 13.0. The summed E-state index contributed by atoms with van der Waals surface area (Å²) in [7, 11) is -1.97. The summed E-state index contributed by atoms with van der Waals surface area (Å²) >= 11 is 0. The van der Waals surface area contributed by atoms with Gasteiger partial charge in [-0.2, -0.15) is 0 Å². The molecule has 0 saturated heterocycles. The monoisotopic (exact) mass is 622 g/mol. The molecule has 3 rings (SSSR count). The average molecular weight is 623 g/mol. The summed E-state index contributed by atoms with van der Waals surface area (Å²) in [5.74, 6) is -0.800. The van der Waals surface area contributed by atoms with Crippen LogP contribution in [0.1, 0.15) is 50.4 Å². The van der Waals surface area contributed by atoms with Crippen molar-refractivity contribution in [2.45, 2.75) is 58.3 Å². The predicted octanol–water partition coefficient (Wildman–Crippen LogP) is 4.16. The summed E-state index contributed by atoms with van der Waals surface area (Å²) in [5, 5.41) is 12.8. The van der Waals surface area contributed by atoms with Crippen LogP contribution in [0.25, 0.3) is 0 Å². The van der Waals surface area contributed by atoms with E-state index < -0.39 is 39.9 Å². The van der Waals surface area contributed by atoms with Gasteiger partial charge in [-0.15, -0.1) is 0 Å². The molecule has 0 fully saturated rings. The molecule has 3 amide bonds. The molecular weight excluding hydrogens is 579 g/mol. The van der Waals surface area contributed by atoms with Crippen LogP contribution in [0.3, 0.4) is 0 Å². The Labute approximate surface area is 253 Å². The maximum absolute atomic E-state index is 14.1. The Morgan fingerprint density at radius 2 is 1.84 bits per heavy atom. The highest BCUT2D eigenvalue weighted by Gasteiger charge is 2.31. The zero-order chi connectivity index (χ0) is 31.7. The van der Waals surface area contributed by atoms with Gasteiger partial charge in [0.05, 0.1) is 36.7 Å². The zero-order valence-corrected chi connectivity index (χ0v) is 26.2. The van der Waals surface area contributed by atoms with Gasteiger partial charge >= 0.3 is 6.03 Å². The number of benzene rings is 2. The molecule has 2 aromatic rings. The Hall–Kier alpha value is -3.42. The number of hydrogen-bond donors (Lipinski definition) is 3. The van der Waals surface area contributed by atoms with Gasteiger partial charge in [0.15, 0.2) is 0 Å². The lowest BCUT2D eigenvalue weighted by Crippen LogP contribution is -2.48. The zero-order valence-electron chi connectivity index (χ0n) is 25.4. The molecule has 0 bridgehead atoms. The van der Waals surface area contributed by atoms with E-state index in [1.165, 1.54) is 40.1 Å². The van der Waals surface area contributed by atoms with E-state index in [1.807, 2.05) is 13.8 Å². The van der Waals surface area contributed by atoms with E-state index in [0.717, 1.165) is 19.1 Å². The van der Waals surface area contributed by atoms with Crippen molar-refractivity contribution >= 4 is 33.3 Å². The van der Waals surface area contributed by atoms with Crippen LogP contribution in [0, 0.1) is 11.7 Å². The van der Waals surface area contributed by atoms with E-state index in [-0.39, 0.29) is 43.0 Å². The predicted molar refractivity (Wildman–Crippen MR) is 163 cm³/mol. The third kappa shape index (κ3) is 10.4. The standard InChI is InChI=1S/C30H43FN4O7S/c1-20-17-35(21(2)19-36)29(37)26-16-25(33-43(5,39)40)13-14-27(26)42-22(3)8-6-7-15-41-28(20)18-34(4)30(38)32-24-11-9-23(31)10-12-24/h9-14,16,20-22,28,33,36H,6-8,15,17-19H2,1-5H3,(H,32,38)/t20-,21+,22-,28-/m1/s1. The molecule has 4 atom stereocenters. The Balaban J connectivity index is 1.90. The van der Waals surface area contributed by atoms with E-state index in [2.05, 4.69) is 10.0 Å². The van der Waals surface area contributed by atoms with Crippen LogP contribution in [-0.4, -0.2) is 93.1 Å². The topological polar surface area (TPSA) is 138 Å². The third-order valence-corrected chi connectivity index (χ3v) is 7.86. The van der Waals surface area contributed by atoms with Gasteiger partial charge in [0.2, 0.25) is 10.0 Å². The molecule has 0 aromatic heterocycles. The van der Waals surface area contributed by atoms with Gasteiger partial charge in [-0.3, -0.25) is 9.52 Å². The van der Waals surface area contributed by atoms with Gasteiger partial charge < -0.3 is 29.7 Å². The minimum atomic E-state index is -3.60. The second-order valence-electron chi connectivity index (χ2n) is 11.2. The number of hydrogen-bond acceptors (Lipinski definition) is 7. The number of nitrogens with zero attached hydrogens (tertiary/aromatic N) is 2. The summed E-state index contributed by atoms with van der Waals surface area (Å²) in [5.41, 5.74) is 0.830. The lowest BCUT2D eigenvalue weighted by atomic mass is 10.0. The first kappa shape index (κ1) is 34.1. The number of amides is 3. The van der Waals surface area contributed by atoms with E-state index in [9.17, 15) is 27.5 Å². The van der Waals surface area contributed by atoms with E-state index in [0.29, 0.717) is 24.5 Å². The number of sulfonamides is 1. The Kier molecular flexibility index (Phi) is 12.2. The van der Waals surface area contributed by atoms with Crippen molar-refractivity contribution in [3.63, 3.8) is 0 Å². The highest BCUT2D eigenvalue weighted by molar-refractivity contribution is 7.92. The fourth-order valence-electron chi connectivity index (χ4n) is 4.77. The molecule has 43 heavy (non-hydrogen) atoms. The highest BCUT2D eigenvalue weighted by atomic mass is 32.2. The molecule has 1 aliphatic heterocycles. The number of carbonyl (C=O) groups is 2. The lowest BCUT2D eigenvalue weighted by Gasteiger charge is -2.35. The number of nitrogens with one attached hydrogen (secondary N) is 2. The maximum atomic E-state index is 14.1. The van der Waals surface area contributed by atoms with Gasteiger partial charge in [0.25, 0.3) is 5.91 Å². The first-order chi connectivity index (χ1) is 20.3. The number of ether oxygens (including phenoxy) is 2. The van der Waals surface area contributed by atoms with Crippen molar-refractivity contribution in [3.05, 3.63) is 53.8 Å². The molecule has 0 radical (unpaired) electrons. The molecule has 0 spiro atoms. The van der Waals surface area contributed by atoms with Crippen LogP contribution >= 0.6 is 0 Å². The number of fused-ring (bicyclic) bond motifs is 1. The Morgan fingerprint density at radius 1 is 1.16 bits per heavy atom. The summed E-state index contributed by atoms with van der Waals surface area (Å²) in [6, 6.07) is 9.05. The number of rotatable bonds is 7. The lowest BCUT2D eigenvalue weighted by molar-refractivity contribution is -0.0115. The summed E-state index contributed by atoms with van der Waals surface area (Å²) < 4.78 is 51.9. The molecule has 11 nitrogen and oxygen atoms in total. The molecule has 1 heterocycles. The second kappa shape index (κ2) is 15.3. The summed E-state index contributed by atoms with van der Waals surface area (Å²) in [6.07, 6.45) is 2.58. The number of aliphatic hydroxyl groups is 1. The normalized spacial score (nSPS) is 21.1. The number of carbonyl (C=O) groups excluding carboxylic acids is 2. The van der Waals surface area contributed by atoms with Gasteiger partial charge in [-0.05, 0) is 75.6 Å². The maximum Gasteiger partial charge on any atom is 0.321 e. The van der Waals surface area contributed by atoms with Crippen LogP contribution in [0.15, 0.2) is 42.5 Å². The fourth-order valence-corrected chi connectivity index (χ4v) is 5.32. The van der Waals surface area contributed by atoms with Crippen molar-refractivity contribution in [3.8, 4) is 5.75 Å². The quantitative estimate of drug-likeness (QED) is 0.422. The van der Waals surface area contributed by atoms with Crippen LogP contribution in [-0.2, 0) is 14.8 Å². The minimum absolute atomic E-state index is 0.165. The minimum Gasteiger partial charge on any atom is -0.490 e. The fraction of sp³-hybridized carbons (Fsp3) is 0.533. The molecule has 3 N–H and O–H groups in total. The van der Waals surface area contributed by atoms with Crippen LogP contribution in [0.4, 0.5) is 20.6 Å². The number of halogens is 1. The summed E-state index contributed by atoms with van der Waals surface area (Å²) in [6.45, 7) is 6.05. The van der Waals surface area contributed by atoms with Crippen LogP contribution in [0.5, 0.6) is 5.75 Å². The highest BCUT2D eigenvalue weighted by Crippen LogP contribution is 2.29. The van der Waals surface area contributed by atoms with Gasteiger partial charge in [0, 0.05) is 44.0 Å². The first-order valence-corrected chi connectivity index (χ1v) is 16.3. The van der Waals surface area contributed by atoms with Crippen LogP contribution < -0.4 is 14.8 Å². The SMILES string of the molecule is C[C@@H]1CCCCO[C@H](CN(C)C(=O)Nc2ccc(F)cc2)[C@H](C)CN([C@@H](C)CO)C(=O)c2cc(NS(C)(=O)=O)ccc2O1. The molecule has 1 aliphatic rings. The van der Waals surface area contributed by atoms with E-state index in [1.54, 1.807) is 26.1 Å². The average Bonchev–Trinajstić information content (AvgIpc) is 2.94. The molecule has 13 heteroatoms. The van der Waals surface area contributed by atoms with Gasteiger partial charge in [0.1, 0.15) is 11.6 Å². The molecule has 238 valence electrons. The van der Waals surface area contributed by atoms with Crippen molar-refractivity contribution in [1.29, 1.82) is 0 Å².